The van der Waals surface area contributed by atoms with Gasteiger partial charge in [-0.3, -0.25) is 0 Å². The van der Waals surface area contributed by atoms with Crippen LogP contribution < -0.4 is 14.4 Å². The second kappa shape index (κ2) is 5.52. The molecule has 0 bridgehead atoms. The molecule has 1 atom stereocenters. The maximum absolute atomic E-state index is 5.72. The third-order valence-corrected chi connectivity index (χ3v) is 4.37. The Balaban J connectivity index is 1.66. The Morgan fingerprint density at radius 3 is 2.82 bits per heavy atom. The maximum Gasteiger partial charge on any atom is 0.161 e. The Labute approximate surface area is 130 Å². The fourth-order valence-electron chi connectivity index (χ4n) is 3.34. The van der Waals surface area contributed by atoms with Crippen molar-refractivity contribution in [2.75, 3.05) is 24.7 Å². The summed E-state index contributed by atoms with van der Waals surface area (Å²) in [5.74, 6) is 2.79. The number of fused-ring (bicyclic) bond motifs is 1. The third-order valence-electron chi connectivity index (χ3n) is 4.37. The summed E-state index contributed by atoms with van der Waals surface area (Å²) >= 11 is 0. The minimum absolute atomic E-state index is 0.366. The summed E-state index contributed by atoms with van der Waals surface area (Å²) in [6.45, 7) is 4.35. The Morgan fingerprint density at radius 2 is 1.95 bits per heavy atom. The van der Waals surface area contributed by atoms with Crippen LogP contribution in [0.15, 0.2) is 36.4 Å². The predicted octanol–water partition coefficient (Wildman–Crippen LogP) is 3.50. The van der Waals surface area contributed by atoms with Crippen molar-refractivity contribution in [3.8, 4) is 11.5 Å². The molecule has 4 rings (SSSR count). The maximum atomic E-state index is 5.72. The van der Waals surface area contributed by atoms with Crippen molar-refractivity contribution in [2.45, 2.75) is 25.8 Å². The predicted molar refractivity (Wildman–Crippen MR) is 85.7 cm³/mol. The van der Waals surface area contributed by atoms with Crippen LogP contribution in [-0.4, -0.2) is 24.7 Å². The standard InChI is InChI=1S/C18H20N2O2/c1-13-4-2-6-18(19-13)20-9-3-5-15(20)14-7-8-16-17(12-14)22-11-10-21-16/h2,4,6-8,12,15H,3,5,9-11H2,1H3. The number of nitrogens with zero attached hydrogens (tertiary/aromatic N) is 2. The molecule has 0 spiro atoms. The third kappa shape index (κ3) is 2.39. The van der Waals surface area contributed by atoms with E-state index in [9.17, 15) is 0 Å². The lowest BCUT2D eigenvalue weighted by atomic mass is 10.0. The summed E-state index contributed by atoms with van der Waals surface area (Å²) in [5.41, 5.74) is 2.34. The Morgan fingerprint density at radius 1 is 1.09 bits per heavy atom. The molecule has 0 radical (unpaired) electrons. The van der Waals surface area contributed by atoms with E-state index >= 15 is 0 Å². The van der Waals surface area contributed by atoms with Crippen LogP contribution in [0.1, 0.15) is 30.1 Å². The first-order chi connectivity index (χ1) is 10.8. The van der Waals surface area contributed by atoms with Gasteiger partial charge in [-0.1, -0.05) is 12.1 Å². The molecule has 0 saturated carbocycles. The van der Waals surface area contributed by atoms with Crippen molar-refractivity contribution in [1.29, 1.82) is 0 Å². The molecule has 2 aromatic rings. The summed E-state index contributed by atoms with van der Waals surface area (Å²) in [7, 11) is 0. The zero-order valence-corrected chi connectivity index (χ0v) is 12.8. The van der Waals surface area contributed by atoms with Crippen LogP contribution in [0.4, 0.5) is 5.82 Å². The Hall–Kier alpha value is -2.23. The molecule has 4 nitrogen and oxygen atoms in total. The quantitative estimate of drug-likeness (QED) is 0.849. The molecule has 2 aliphatic heterocycles. The van der Waals surface area contributed by atoms with Crippen LogP contribution in [0, 0.1) is 6.92 Å². The second-order valence-corrected chi connectivity index (χ2v) is 5.89. The van der Waals surface area contributed by atoms with Crippen molar-refractivity contribution in [3.05, 3.63) is 47.7 Å². The molecule has 1 unspecified atom stereocenters. The van der Waals surface area contributed by atoms with Gasteiger partial charge in [-0.2, -0.15) is 0 Å². The molecule has 1 aromatic heterocycles. The lowest BCUT2D eigenvalue weighted by Crippen LogP contribution is -2.24. The molecule has 114 valence electrons. The number of hydrogen-bond donors (Lipinski definition) is 0. The van der Waals surface area contributed by atoms with Gasteiger partial charge in [0, 0.05) is 12.2 Å². The van der Waals surface area contributed by atoms with Gasteiger partial charge in [-0.25, -0.2) is 4.98 Å². The summed E-state index contributed by atoms with van der Waals surface area (Å²) in [6.07, 6.45) is 2.34. The summed E-state index contributed by atoms with van der Waals surface area (Å²) in [6, 6.07) is 12.9. The van der Waals surface area contributed by atoms with Gasteiger partial charge in [0.1, 0.15) is 19.0 Å². The van der Waals surface area contributed by atoms with Crippen LogP contribution in [0.25, 0.3) is 0 Å². The average Bonchev–Trinajstić information content (AvgIpc) is 3.04. The first-order valence-corrected chi connectivity index (χ1v) is 7.91. The zero-order chi connectivity index (χ0) is 14.9. The molecule has 3 heterocycles. The van der Waals surface area contributed by atoms with Crippen molar-refractivity contribution < 1.29 is 9.47 Å². The lowest BCUT2D eigenvalue weighted by molar-refractivity contribution is 0.171. The molecular formula is C18H20N2O2. The fourth-order valence-corrected chi connectivity index (χ4v) is 3.34. The van der Waals surface area contributed by atoms with Crippen molar-refractivity contribution >= 4 is 5.82 Å². The molecule has 1 fully saturated rings. The Kier molecular flexibility index (Phi) is 3.37. The normalized spacial score (nSPS) is 20.2. The lowest BCUT2D eigenvalue weighted by Gasteiger charge is -2.27. The first-order valence-electron chi connectivity index (χ1n) is 7.91. The second-order valence-electron chi connectivity index (χ2n) is 5.89. The highest BCUT2D eigenvalue weighted by molar-refractivity contribution is 5.49. The molecule has 2 aliphatic rings. The summed E-state index contributed by atoms with van der Waals surface area (Å²) in [4.78, 5) is 7.09. The van der Waals surface area contributed by atoms with Gasteiger partial charge in [0.2, 0.25) is 0 Å². The minimum Gasteiger partial charge on any atom is -0.486 e. The van der Waals surface area contributed by atoms with Gasteiger partial charge >= 0.3 is 0 Å². The topological polar surface area (TPSA) is 34.6 Å². The number of ether oxygens (including phenoxy) is 2. The van der Waals surface area contributed by atoms with E-state index in [-0.39, 0.29) is 0 Å². The highest BCUT2D eigenvalue weighted by Crippen LogP contribution is 2.39. The first kappa shape index (κ1) is 13.4. The van der Waals surface area contributed by atoms with Gasteiger partial charge in [0.15, 0.2) is 11.5 Å². The monoisotopic (exact) mass is 296 g/mol. The average molecular weight is 296 g/mol. The van der Waals surface area contributed by atoms with E-state index in [1.54, 1.807) is 0 Å². The number of aryl methyl sites for hydroxylation is 1. The molecule has 0 aliphatic carbocycles. The molecular weight excluding hydrogens is 276 g/mol. The van der Waals surface area contributed by atoms with Crippen LogP contribution in [-0.2, 0) is 0 Å². The smallest absolute Gasteiger partial charge is 0.161 e. The molecule has 4 heteroatoms. The number of aromatic nitrogens is 1. The van der Waals surface area contributed by atoms with Crippen LogP contribution in [0.3, 0.4) is 0 Å². The van der Waals surface area contributed by atoms with E-state index in [1.165, 1.54) is 12.0 Å². The van der Waals surface area contributed by atoms with Gasteiger partial charge in [-0.15, -0.1) is 0 Å². The largest absolute Gasteiger partial charge is 0.486 e. The zero-order valence-electron chi connectivity index (χ0n) is 12.8. The molecule has 22 heavy (non-hydrogen) atoms. The summed E-state index contributed by atoms with van der Waals surface area (Å²) < 4.78 is 11.3. The number of pyridine rings is 1. The molecule has 0 N–H and O–H groups in total. The van der Waals surface area contributed by atoms with E-state index in [4.69, 9.17) is 9.47 Å². The van der Waals surface area contributed by atoms with Crippen LogP contribution in [0.5, 0.6) is 11.5 Å². The number of rotatable bonds is 2. The molecule has 1 saturated heterocycles. The van der Waals surface area contributed by atoms with Gasteiger partial charge in [0.25, 0.3) is 0 Å². The number of benzene rings is 1. The van der Waals surface area contributed by atoms with Crippen molar-refractivity contribution in [3.63, 3.8) is 0 Å². The van der Waals surface area contributed by atoms with Crippen LogP contribution >= 0.6 is 0 Å². The summed E-state index contributed by atoms with van der Waals surface area (Å²) in [5, 5.41) is 0. The fraction of sp³-hybridized carbons (Fsp3) is 0.389. The van der Waals surface area contributed by atoms with Gasteiger partial charge < -0.3 is 14.4 Å². The van der Waals surface area contributed by atoms with Gasteiger partial charge in [0.05, 0.1) is 6.04 Å². The molecule has 0 amide bonds. The highest BCUT2D eigenvalue weighted by Gasteiger charge is 2.28. The van der Waals surface area contributed by atoms with E-state index in [1.807, 2.05) is 19.1 Å². The Bertz CT molecular complexity index is 687. The molecule has 1 aromatic carbocycles. The highest BCUT2D eigenvalue weighted by atomic mass is 16.6. The van der Waals surface area contributed by atoms with Gasteiger partial charge in [-0.05, 0) is 49.6 Å². The van der Waals surface area contributed by atoms with E-state index in [0.717, 1.165) is 36.0 Å². The van der Waals surface area contributed by atoms with Crippen molar-refractivity contribution in [1.82, 2.24) is 4.98 Å². The minimum atomic E-state index is 0.366. The van der Waals surface area contributed by atoms with E-state index in [0.29, 0.717) is 19.3 Å². The van der Waals surface area contributed by atoms with E-state index < -0.39 is 0 Å². The van der Waals surface area contributed by atoms with Crippen LogP contribution in [0.2, 0.25) is 0 Å². The van der Waals surface area contributed by atoms with E-state index in [2.05, 4.69) is 34.1 Å². The number of hydrogen-bond acceptors (Lipinski definition) is 4. The number of anilines is 1. The SMILES string of the molecule is Cc1cccc(N2CCCC2c2ccc3c(c2)OCCO3)n1. The van der Waals surface area contributed by atoms with Crippen molar-refractivity contribution in [2.24, 2.45) is 0 Å².